The van der Waals surface area contributed by atoms with Crippen molar-refractivity contribution in [3.05, 3.63) is 47.5 Å². The first-order chi connectivity index (χ1) is 9.43. The fourth-order valence-electron chi connectivity index (χ4n) is 1.46. The van der Waals surface area contributed by atoms with Gasteiger partial charge in [0.05, 0.1) is 12.2 Å². The van der Waals surface area contributed by atoms with E-state index in [0.717, 1.165) is 17.7 Å². The SMILES string of the molecule is CCOC(=O)/C=C/CNCc1ccc(C(F)(F)F)cc1. The number of hydrogen-bond donors (Lipinski definition) is 1. The molecule has 20 heavy (non-hydrogen) atoms. The Labute approximate surface area is 115 Å². The van der Waals surface area contributed by atoms with Gasteiger partial charge in [0.15, 0.2) is 0 Å². The van der Waals surface area contributed by atoms with Crippen LogP contribution in [0.1, 0.15) is 18.1 Å². The Hall–Kier alpha value is -1.82. The zero-order chi connectivity index (χ0) is 15.0. The molecule has 110 valence electrons. The monoisotopic (exact) mass is 287 g/mol. The summed E-state index contributed by atoms with van der Waals surface area (Å²) in [5, 5.41) is 2.98. The van der Waals surface area contributed by atoms with Crippen LogP contribution in [0.4, 0.5) is 13.2 Å². The lowest BCUT2D eigenvalue weighted by atomic mass is 10.1. The van der Waals surface area contributed by atoms with Gasteiger partial charge in [0.1, 0.15) is 0 Å². The number of halogens is 3. The first kappa shape index (κ1) is 16.2. The van der Waals surface area contributed by atoms with Crippen molar-refractivity contribution < 1.29 is 22.7 Å². The topological polar surface area (TPSA) is 38.3 Å². The van der Waals surface area contributed by atoms with Crippen molar-refractivity contribution >= 4 is 5.97 Å². The fourth-order valence-corrected chi connectivity index (χ4v) is 1.46. The van der Waals surface area contributed by atoms with E-state index in [2.05, 4.69) is 5.32 Å². The second-order valence-corrected chi connectivity index (χ2v) is 3.98. The van der Waals surface area contributed by atoms with Gasteiger partial charge in [-0.05, 0) is 24.6 Å². The zero-order valence-corrected chi connectivity index (χ0v) is 11.0. The van der Waals surface area contributed by atoms with Crippen LogP contribution in [0.2, 0.25) is 0 Å². The molecule has 0 aliphatic heterocycles. The first-order valence-electron chi connectivity index (χ1n) is 6.13. The molecule has 1 N–H and O–H groups in total. The average Bonchev–Trinajstić information content (AvgIpc) is 2.38. The van der Waals surface area contributed by atoms with Crippen LogP contribution in [0.5, 0.6) is 0 Å². The summed E-state index contributed by atoms with van der Waals surface area (Å²) in [4.78, 5) is 11.0. The van der Waals surface area contributed by atoms with Gasteiger partial charge < -0.3 is 10.1 Å². The predicted molar refractivity (Wildman–Crippen MR) is 68.9 cm³/mol. The quantitative estimate of drug-likeness (QED) is 0.496. The summed E-state index contributed by atoms with van der Waals surface area (Å²) in [6.07, 6.45) is -1.40. The molecular formula is C14H16F3NO2. The first-order valence-corrected chi connectivity index (χ1v) is 6.13. The Morgan fingerprint density at radius 3 is 2.50 bits per heavy atom. The molecule has 0 bridgehead atoms. The maximum atomic E-state index is 12.3. The summed E-state index contributed by atoms with van der Waals surface area (Å²) in [6.45, 7) is 2.89. The van der Waals surface area contributed by atoms with E-state index in [9.17, 15) is 18.0 Å². The van der Waals surface area contributed by atoms with Crippen LogP contribution in [0, 0.1) is 0 Å². The molecule has 1 rings (SSSR count). The van der Waals surface area contributed by atoms with Gasteiger partial charge in [-0.2, -0.15) is 13.2 Å². The molecule has 1 aromatic carbocycles. The molecule has 0 aliphatic carbocycles. The summed E-state index contributed by atoms with van der Waals surface area (Å²) in [6, 6.07) is 4.94. The highest BCUT2D eigenvalue weighted by molar-refractivity contribution is 5.81. The van der Waals surface area contributed by atoms with Crippen LogP contribution >= 0.6 is 0 Å². The second kappa shape index (κ2) is 7.69. The molecular weight excluding hydrogens is 271 g/mol. The summed E-state index contributed by atoms with van der Waals surface area (Å²) in [5.41, 5.74) is 0.0750. The maximum absolute atomic E-state index is 12.3. The van der Waals surface area contributed by atoms with E-state index in [1.54, 1.807) is 13.0 Å². The van der Waals surface area contributed by atoms with Gasteiger partial charge in [-0.15, -0.1) is 0 Å². The molecule has 0 fully saturated rings. The highest BCUT2D eigenvalue weighted by Gasteiger charge is 2.29. The molecule has 1 aromatic rings. The molecule has 0 aliphatic rings. The highest BCUT2D eigenvalue weighted by Crippen LogP contribution is 2.28. The maximum Gasteiger partial charge on any atom is 0.416 e. The van der Waals surface area contributed by atoms with E-state index < -0.39 is 17.7 Å². The van der Waals surface area contributed by atoms with Crippen molar-refractivity contribution in [3.8, 4) is 0 Å². The Bertz CT molecular complexity index is 452. The van der Waals surface area contributed by atoms with Gasteiger partial charge in [-0.1, -0.05) is 18.2 Å². The van der Waals surface area contributed by atoms with E-state index >= 15 is 0 Å². The van der Waals surface area contributed by atoms with E-state index in [1.807, 2.05) is 0 Å². The summed E-state index contributed by atoms with van der Waals surface area (Å²) in [7, 11) is 0. The molecule has 6 heteroatoms. The third-order valence-electron chi connectivity index (χ3n) is 2.41. The normalized spacial score (nSPS) is 11.8. The zero-order valence-electron chi connectivity index (χ0n) is 11.0. The number of alkyl halides is 3. The number of carbonyl (C=O) groups is 1. The van der Waals surface area contributed by atoms with E-state index in [-0.39, 0.29) is 0 Å². The second-order valence-electron chi connectivity index (χ2n) is 3.98. The molecule has 0 aromatic heterocycles. The van der Waals surface area contributed by atoms with Crippen molar-refractivity contribution in [3.63, 3.8) is 0 Å². The van der Waals surface area contributed by atoms with Crippen LogP contribution in [0.15, 0.2) is 36.4 Å². The van der Waals surface area contributed by atoms with Crippen LogP contribution in [-0.2, 0) is 22.3 Å². The minimum Gasteiger partial charge on any atom is -0.463 e. The average molecular weight is 287 g/mol. The van der Waals surface area contributed by atoms with Crippen molar-refractivity contribution in [1.82, 2.24) is 5.32 Å². The lowest BCUT2D eigenvalue weighted by Gasteiger charge is -2.07. The Morgan fingerprint density at radius 2 is 1.95 bits per heavy atom. The van der Waals surface area contributed by atoms with Crippen LogP contribution in [0.3, 0.4) is 0 Å². The van der Waals surface area contributed by atoms with Gasteiger partial charge in [0, 0.05) is 19.2 Å². The number of nitrogens with one attached hydrogen (secondary N) is 1. The molecule has 0 atom stereocenters. The van der Waals surface area contributed by atoms with Crippen molar-refractivity contribution in [2.24, 2.45) is 0 Å². The Balaban J connectivity index is 2.34. The molecule has 0 heterocycles. The Kier molecular flexibility index (Phi) is 6.24. The largest absolute Gasteiger partial charge is 0.463 e. The number of esters is 1. The van der Waals surface area contributed by atoms with Crippen LogP contribution in [-0.4, -0.2) is 19.1 Å². The van der Waals surface area contributed by atoms with Gasteiger partial charge in [-0.25, -0.2) is 4.79 Å². The molecule has 3 nitrogen and oxygen atoms in total. The van der Waals surface area contributed by atoms with Crippen LogP contribution in [0.25, 0.3) is 0 Å². The number of rotatable bonds is 6. The molecule has 0 saturated heterocycles. The Morgan fingerprint density at radius 1 is 1.30 bits per heavy atom. The number of benzene rings is 1. The van der Waals surface area contributed by atoms with E-state index in [0.29, 0.717) is 19.7 Å². The van der Waals surface area contributed by atoms with Gasteiger partial charge >= 0.3 is 12.1 Å². The lowest BCUT2D eigenvalue weighted by Crippen LogP contribution is -2.13. The van der Waals surface area contributed by atoms with E-state index in [1.165, 1.54) is 18.2 Å². The molecule has 0 amide bonds. The number of ether oxygens (including phenoxy) is 1. The lowest BCUT2D eigenvalue weighted by molar-refractivity contribution is -0.138. The molecule has 0 radical (unpaired) electrons. The standard InChI is InChI=1S/C14H16F3NO2/c1-2-20-13(19)4-3-9-18-10-11-5-7-12(8-6-11)14(15,16)17/h3-8,18H,2,9-10H2,1H3/b4-3+. The van der Waals surface area contributed by atoms with Crippen molar-refractivity contribution in [1.29, 1.82) is 0 Å². The van der Waals surface area contributed by atoms with Gasteiger partial charge in [0.2, 0.25) is 0 Å². The molecule has 0 spiro atoms. The predicted octanol–water partition coefficient (Wildman–Crippen LogP) is 2.91. The molecule has 0 saturated carbocycles. The molecule has 0 unspecified atom stereocenters. The van der Waals surface area contributed by atoms with Crippen LogP contribution < -0.4 is 5.32 Å². The minimum absolute atomic E-state index is 0.322. The fraction of sp³-hybridized carbons (Fsp3) is 0.357. The number of hydrogen-bond acceptors (Lipinski definition) is 3. The van der Waals surface area contributed by atoms with Gasteiger partial charge in [0.25, 0.3) is 0 Å². The van der Waals surface area contributed by atoms with Crippen molar-refractivity contribution in [2.45, 2.75) is 19.6 Å². The number of carbonyl (C=O) groups excluding carboxylic acids is 1. The van der Waals surface area contributed by atoms with Crippen molar-refractivity contribution in [2.75, 3.05) is 13.2 Å². The smallest absolute Gasteiger partial charge is 0.416 e. The minimum atomic E-state index is -4.31. The van der Waals surface area contributed by atoms with E-state index in [4.69, 9.17) is 4.74 Å². The summed E-state index contributed by atoms with van der Waals surface area (Å²) < 4.78 is 41.7. The van der Waals surface area contributed by atoms with Gasteiger partial charge in [-0.3, -0.25) is 0 Å². The highest BCUT2D eigenvalue weighted by atomic mass is 19.4. The third-order valence-corrected chi connectivity index (χ3v) is 2.41. The third kappa shape index (κ3) is 5.88. The summed E-state index contributed by atoms with van der Waals surface area (Å²) >= 11 is 0. The summed E-state index contributed by atoms with van der Waals surface area (Å²) in [5.74, 6) is -0.413.